The van der Waals surface area contributed by atoms with Crippen molar-refractivity contribution >= 4 is 54.4 Å². The van der Waals surface area contributed by atoms with E-state index in [0.717, 1.165) is 0 Å². The quantitative estimate of drug-likeness (QED) is 0.817. The second kappa shape index (κ2) is 4.41. The summed E-state index contributed by atoms with van der Waals surface area (Å²) in [5.74, 6) is 0. The summed E-state index contributed by atoms with van der Waals surface area (Å²) in [4.78, 5) is -0.0125. The number of rotatable bonds is 2. The van der Waals surface area contributed by atoms with Gasteiger partial charge in [0.2, 0.25) is 0 Å². The molecule has 0 fully saturated rings. The first kappa shape index (κ1) is 12.3. The van der Waals surface area contributed by atoms with Gasteiger partial charge in [0, 0.05) is 0 Å². The van der Waals surface area contributed by atoms with E-state index in [2.05, 4.69) is 21.6 Å². The van der Waals surface area contributed by atoms with E-state index in [4.69, 9.17) is 23.2 Å². The Labute approximate surface area is 101 Å². The normalized spacial score (nSPS) is 11.7. The molecule has 76 valence electrons. The van der Waals surface area contributed by atoms with E-state index in [1.165, 1.54) is 19.2 Å². The standard InChI is InChI=1S/C7H6AsCl2NO2S/c1-11-14(12,13)7-3-5(9)4(8)2-6(7)10/h2-3,11H,1H3. The number of hydrogen-bond acceptors (Lipinski definition) is 2. The Kier molecular flexibility index (Phi) is 3.89. The maximum absolute atomic E-state index is 11.4. The first-order valence-electron chi connectivity index (χ1n) is 3.50. The van der Waals surface area contributed by atoms with Crippen molar-refractivity contribution in [2.45, 2.75) is 4.90 Å². The van der Waals surface area contributed by atoms with Gasteiger partial charge < -0.3 is 0 Å². The summed E-state index contributed by atoms with van der Waals surface area (Å²) in [6.07, 6.45) is 0. The van der Waals surface area contributed by atoms with Crippen LogP contribution in [0.2, 0.25) is 10.0 Å². The van der Waals surface area contributed by atoms with E-state index in [9.17, 15) is 8.42 Å². The molecule has 0 amide bonds. The van der Waals surface area contributed by atoms with Crippen molar-refractivity contribution in [3.63, 3.8) is 0 Å². The third-order valence-corrected chi connectivity index (χ3v) is 4.82. The van der Waals surface area contributed by atoms with Crippen molar-refractivity contribution < 1.29 is 8.42 Å². The summed E-state index contributed by atoms with van der Waals surface area (Å²) in [6.45, 7) is 0. The molecule has 0 bridgehead atoms. The van der Waals surface area contributed by atoms with E-state index in [-0.39, 0.29) is 9.92 Å². The van der Waals surface area contributed by atoms with Crippen molar-refractivity contribution in [3.8, 4) is 0 Å². The molecule has 2 radical (unpaired) electrons. The third-order valence-electron chi connectivity index (χ3n) is 1.56. The van der Waals surface area contributed by atoms with Gasteiger partial charge in [-0.05, 0) is 0 Å². The molecule has 0 saturated heterocycles. The summed E-state index contributed by atoms with van der Waals surface area (Å²) in [6, 6.07) is 2.82. The molecule has 0 spiro atoms. The molecule has 0 aliphatic carbocycles. The van der Waals surface area contributed by atoms with Crippen molar-refractivity contribution in [2.24, 2.45) is 0 Å². The number of halogens is 2. The Morgan fingerprint density at radius 1 is 1.29 bits per heavy atom. The molecule has 14 heavy (non-hydrogen) atoms. The first-order chi connectivity index (χ1) is 6.38. The maximum atomic E-state index is 11.4. The molecule has 1 aromatic carbocycles. The first-order valence-corrected chi connectivity index (χ1v) is 6.68. The molecular formula is C7H6AsCl2NO2S. The van der Waals surface area contributed by atoms with Gasteiger partial charge >= 0.3 is 102 Å². The van der Waals surface area contributed by atoms with Gasteiger partial charge in [-0.15, -0.1) is 0 Å². The molecule has 3 nitrogen and oxygen atoms in total. The van der Waals surface area contributed by atoms with Crippen LogP contribution in [0, 0.1) is 0 Å². The van der Waals surface area contributed by atoms with Crippen LogP contribution in [0.4, 0.5) is 0 Å². The van der Waals surface area contributed by atoms with Gasteiger partial charge in [-0.25, -0.2) is 0 Å². The average Bonchev–Trinajstić information content (AvgIpc) is 2.11. The monoisotopic (exact) mass is 313 g/mol. The average molecular weight is 314 g/mol. The van der Waals surface area contributed by atoms with Crippen LogP contribution in [0.25, 0.3) is 0 Å². The molecule has 1 rings (SSSR count). The zero-order valence-corrected chi connectivity index (χ0v) is 11.3. The fourth-order valence-electron chi connectivity index (χ4n) is 0.834. The van der Waals surface area contributed by atoms with Gasteiger partial charge in [0.15, 0.2) is 0 Å². The Balaban J connectivity index is 3.45. The zero-order valence-electron chi connectivity index (χ0n) is 7.08. The Bertz CT molecular complexity index is 461. The summed E-state index contributed by atoms with van der Waals surface area (Å²) < 4.78 is 25.7. The van der Waals surface area contributed by atoms with Crippen LogP contribution < -0.4 is 9.07 Å². The molecule has 0 aromatic heterocycles. The SMILES string of the molecule is CNS(=O)(=O)c1cc(Cl)c([As])cc1Cl. The second-order valence-electron chi connectivity index (χ2n) is 2.44. The third kappa shape index (κ3) is 2.44. The van der Waals surface area contributed by atoms with Crippen LogP contribution >= 0.6 is 23.2 Å². The van der Waals surface area contributed by atoms with Crippen molar-refractivity contribution in [3.05, 3.63) is 22.2 Å². The van der Waals surface area contributed by atoms with Gasteiger partial charge in [0.1, 0.15) is 0 Å². The second-order valence-corrected chi connectivity index (χ2v) is 6.12. The summed E-state index contributed by atoms with van der Waals surface area (Å²) >= 11 is 13.8. The molecular weight excluding hydrogens is 308 g/mol. The van der Waals surface area contributed by atoms with Gasteiger partial charge in [-0.1, -0.05) is 0 Å². The molecule has 7 heteroatoms. The fourth-order valence-corrected chi connectivity index (χ4v) is 2.91. The van der Waals surface area contributed by atoms with Crippen LogP contribution in [0.3, 0.4) is 0 Å². The minimum atomic E-state index is -3.54. The topological polar surface area (TPSA) is 46.2 Å². The summed E-state index contributed by atoms with van der Waals surface area (Å²) in [5, 5.41) is 0.502. The molecule has 0 unspecified atom stereocenters. The van der Waals surface area contributed by atoms with Gasteiger partial charge in [0.25, 0.3) is 0 Å². The van der Waals surface area contributed by atoms with Crippen molar-refractivity contribution in [2.75, 3.05) is 7.05 Å². The minimum absolute atomic E-state index is 0.0125. The number of nitrogens with one attached hydrogen (secondary N) is 1. The van der Waals surface area contributed by atoms with Crippen LogP contribution in [-0.4, -0.2) is 32.3 Å². The number of benzene rings is 1. The molecule has 0 aliphatic heterocycles. The molecule has 0 aliphatic rings. The van der Waals surface area contributed by atoms with Gasteiger partial charge in [-0.3, -0.25) is 0 Å². The Hall–Kier alpha value is 0.268. The number of sulfonamides is 1. The van der Waals surface area contributed by atoms with E-state index in [1.54, 1.807) is 0 Å². The Morgan fingerprint density at radius 2 is 1.86 bits per heavy atom. The predicted octanol–water partition coefficient (Wildman–Crippen LogP) is 0.695. The Morgan fingerprint density at radius 3 is 2.36 bits per heavy atom. The van der Waals surface area contributed by atoms with Gasteiger partial charge in [0.05, 0.1) is 0 Å². The number of hydrogen-bond donors (Lipinski definition) is 1. The van der Waals surface area contributed by atoms with Crippen molar-refractivity contribution in [1.29, 1.82) is 0 Å². The predicted molar refractivity (Wildman–Crippen MR) is 58.1 cm³/mol. The van der Waals surface area contributed by atoms with E-state index in [0.29, 0.717) is 9.37 Å². The van der Waals surface area contributed by atoms with Crippen LogP contribution in [-0.2, 0) is 10.0 Å². The van der Waals surface area contributed by atoms with E-state index in [1.807, 2.05) is 0 Å². The molecule has 0 heterocycles. The fraction of sp³-hybridized carbons (Fsp3) is 0.143. The van der Waals surface area contributed by atoms with Crippen LogP contribution in [0.1, 0.15) is 0 Å². The van der Waals surface area contributed by atoms with E-state index < -0.39 is 10.0 Å². The van der Waals surface area contributed by atoms with Crippen molar-refractivity contribution in [1.82, 2.24) is 4.72 Å². The van der Waals surface area contributed by atoms with Gasteiger partial charge in [-0.2, -0.15) is 0 Å². The summed E-state index contributed by atoms with van der Waals surface area (Å²) in [5.41, 5.74) is 0. The van der Waals surface area contributed by atoms with E-state index >= 15 is 0 Å². The summed E-state index contributed by atoms with van der Waals surface area (Å²) in [7, 11) is -2.23. The van der Waals surface area contributed by atoms with Crippen LogP contribution in [0.5, 0.6) is 0 Å². The van der Waals surface area contributed by atoms with Crippen LogP contribution in [0.15, 0.2) is 17.0 Å². The molecule has 0 atom stereocenters. The molecule has 1 N–H and O–H groups in total. The molecule has 0 saturated carbocycles. The molecule has 1 aromatic rings. The zero-order chi connectivity index (χ0) is 10.9.